The van der Waals surface area contributed by atoms with Crippen LogP contribution in [0.5, 0.6) is 0 Å². The molecule has 0 unspecified atom stereocenters. The molecule has 0 fully saturated rings. The lowest BCUT2D eigenvalue weighted by atomic mass is 10.1. The van der Waals surface area contributed by atoms with Gasteiger partial charge in [-0.15, -0.1) is 0 Å². The third-order valence-corrected chi connectivity index (χ3v) is 2.80. The molecule has 0 bridgehead atoms. The van der Waals surface area contributed by atoms with Crippen LogP contribution in [0.3, 0.4) is 0 Å². The zero-order chi connectivity index (χ0) is 15.1. The molecule has 110 valence electrons. The smallest absolute Gasteiger partial charge is 0.321 e. The van der Waals surface area contributed by atoms with Gasteiger partial charge in [0.2, 0.25) is 0 Å². The van der Waals surface area contributed by atoms with Crippen LogP contribution in [0, 0.1) is 5.92 Å². The number of hydrogen-bond donors (Lipinski definition) is 2. The highest BCUT2D eigenvalue weighted by Crippen LogP contribution is 2.08. The van der Waals surface area contributed by atoms with E-state index in [0.29, 0.717) is 23.8 Å². The molecule has 2 N–H and O–H groups in total. The van der Waals surface area contributed by atoms with Crippen LogP contribution in [0.25, 0.3) is 0 Å². The molecule has 0 atom stereocenters. The van der Waals surface area contributed by atoms with Crippen LogP contribution in [-0.4, -0.2) is 40.6 Å². The molecule has 1 heterocycles. The van der Waals surface area contributed by atoms with Crippen LogP contribution in [0.15, 0.2) is 18.3 Å². The van der Waals surface area contributed by atoms with Gasteiger partial charge < -0.3 is 15.3 Å². The molecule has 0 aliphatic heterocycles. The van der Waals surface area contributed by atoms with E-state index in [1.807, 2.05) is 0 Å². The largest absolute Gasteiger partial charge is 0.481 e. The lowest BCUT2D eigenvalue weighted by Crippen LogP contribution is -2.32. The fourth-order valence-electron chi connectivity index (χ4n) is 1.53. The summed E-state index contributed by atoms with van der Waals surface area (Å²) in [7, 11) is 1.74. The van der Waals surface area contributed by atoms with E-state index < -0.39 is 5.97 Å². The Labute approximate surface area is 118 Å². The number of aromatic nitrogens is 1. The van der Waals surface area contributed by atoms with Gasteiger partial charge in [-0.3, -0.25) is 9.78 Å². The van der Waals surface area contributed by atoms with Crippen molar-refractivity contribution in [1.82, 2.24) is 9.88 Å². The Morgan fingerprint density at radius 2 is 2.10 bits per heavy atom. The standard InChI is InChI=1S/C14H21N3O3/c1-10(2)6-7-17(3)14(20)16-12-5-4-11(15-9-12)8-13(18)19/h4-5,9-10H,6-8H2,1-3H3,(H,16,20)(H,18,19). The Bertz CT molecular complexity index is 457. The summed E-state index contributed by atoms with van der Waals surface area (Å²) in [6.07, 6.45) is 2.29. The number of anilines is 1. The summed E-state index contributed by atoms with van der Waals surface area (Å²) in [5.74, 6) is -0.384. The molecule has 0 radical (unpaired) electrons. The normalized spacial score (nSPS) is 10.4. The second-order valence-corrected chi connectivity index (χ2v) is 5.14. The van der Waals surface area contributed by atoms with E-state index in [0.717, 1.165) is 6.42 Å². The summed E-state index contributed by atoms with van der Waals surface area (Å²) >= 11 is 0. The lowest BCUT2D eigenvalue weighted by Gasteiger charge is -2.18. The molecule has 0 aromatic carbocycles. The molecule has 0 aliphatic carbocycles. The van der Waals surface area contributed by atoms with Crippen LogP contribution >= 0.6 is 0 Å². The topological polar surface area (TPSA) is 82.5 Å². The first-order valence-corrected chi connectivity index (χ1v) is 6.57. The van der Waals surface area contributed by atoms with E-state index in [2.05, 4.69) is 24.1 Å². The number of hydrogen-bond acceptors (Lipinski definition) is 3. The van der Waals surface area contributed by atoms with Gasteiger partial charge in [0.25, 0.3) is 0 Å². The Hall–Kier alpha value is -2.11. The van der Waals surface area contributed by atoms with Gasteiger partial charge in [0.15, 0.2) is 0 Å². The summed E-state index contributed by atoms with van der Waals surface area (Å²) < 4.78 is 0. The quantitative estimate of drug-likeness (QED) is 0.836. The van der Waals surface area contributed by atoms with Crippen LogP contribution in [-0.2, 0) is 11.2 Å². The number of urea groups is 1. The van der Waals surface area contributed by atoms with E-state index in [1.54, 1.807) is 24.1 Å². The maximum Gasteiger partial charge on any atom is 0.321 e. The zero-order valence-corrected chi connectivity index (χ0v) is 12.1. The minimum atomic E-state index is -0.928. The van der Waals surface area contributed by atoms with Crippen LogP contribution in [0.4, 0.5) is 10.5 Å². The Kier molecular flexibility index (Phi) is 5.96. The van der Waals surface area contributed by atoms with Crippen molar-refractivity contribution < 1.29 is 14.7 Å². The number of nitrogens with zero attached hydrogens (tertiary/aromatic N) is 2. The molecule has 1 aromatic heterocycles. The minimum absolute atomic E-state index is 0.123. The van der Waals surface area contributed by atoms with Crippen molar-refractivity contribution in [3.63, 3.8) is 0 Å². The van der Waals surface area contributed by atoms with Crippen molar-refractivity contribution in [2.75, 3.05) is 18.9 Å². The highest BCUT2D eigenvalue weighted by molar-refractivity contribution is 5.88. The molecule has 0 saturated carbocycles. The third kappa shape index (κ3) is 5.69. The molecular formula is C14H21N3O3. The van der Waals surface area contributed by atoms with Crippen molar-refractivity contribution >= 4 is 17.7 Å². The number of carboxylic acid groups (broad SMARTS) is 1. The first kappa shape index (κ1) is 15.9. The molecule has 1 aromatic rings. The van der Waals surface area contributed by atoms with Gasteiger partial charge in [-0.25, -0.2) is 4.79 Å². The summed E-state index contributed by atoms with van der Waals surface area (Å²) in [5, 5.41) is 11.4. The van der Waals surface area contributed by atoms with Crippen molar-refractivity contribution in [2.24, 2.45) is 5.92 Å². The van der Waals surface area contributed by atoms with Gasteiger partial charge in [0.05, 0.1) is 24.0 Å². The molecule has 1 rings (SSSR count). The number of nitrogens with one attached hydrogen (secondary N) is 1. The van der Waals surface area contributed by atoms with Crippen molar-refractivity contribution in [1.29, 1.82) is 0 Å². The predicted octanol–water partition coefficient (Wildman–Crippen LogP) is 2.22. The van der Waals surface area contributed by atoms with Gasteiger partial charge in [-0.05, 0) is 24.5 Å². The maximum atomic E-state index is 11.9. The average molecular weight is 279 g/mol. The number of amides is 2. The van der Waals surface area contributed by atoms with E-state index in [9.17, 15) is 9.59 Å². The molecule has 0 aliphatic rings. The second kappa shape index (κ2) is 7.47. The van der Waals surface area contributed by atoms with Gasteiger partial charge >= 0.3 is 12.0 Å². The number of aliphatic carboxylic acids is 1. The highest BCUT2D eigenvalue weighted by atomic mass is 16.4. The fourth-order valence-corrected chi connectivity index (χ4v) is 1.53. The van der Waals surface area contributed by atoms with Gasteiger partial charge in [0.1, 0.15) is 0 Å². The van der Waals surface area contributed by atoms with Crippen molar-refractivity contribution in [3.8, 4) is 0 Å². The number of carbonyl (C=O) groups excluding carboxylic acids is 1. The lowest BCUT2D eigenvalue weighted by molar-refractivity contribution is -0.136. The van der Waals surface area contributed by atoms with E-state index in [-0.39, 0.29) is 12.5 Å². The van der Waals surface area contributed by atoms with Gasteiger partial charge in [-0.2, -0.15) is 0 Å². The van der Waals surface area contributed by atoms with Gasteiger partial charge in [-0.1, -0.05) is 13.8 Å². The van der Waals surface area contributed by atoms with E-state index in [4.69, 9.17) is 5.11 Å². The van der Waals surface area contributed by atoms with E-state index in [1.165, 1.54) is 6.20 Å². The number of carboxylic acids is 1. The van der Waals surface area contributed by atoms with Crippen LogP contribution < -0.4 is 5.32 Å². The van der Waals surface area contributed by atoms with Crippen molar-refractivity contribution in [3.05, 3.63) is 24.0 Å². The summed E-state index contributed by atoms with van der Waals surface area (Å²) in [6.45, 7) is 4.90. The highest BCUT2D eigenvalue weighted by Gasteiger charge is 2.09. The Morgan fingerprint density at radius 1 is 1.40 bits per heavy atom. The summed E-state index contributed by atoms with van der Waals surface area (Å²) in [5.41, 5.74) is 1.02. The summed E-state index contributed by atoms with van der Waals surface area (Å²) in [6, 6.07) is 3.05. The first-order chi connectivity index (χ1) is 9.38. The number of carbonyl (C=O) groups is 2. The monoisotopic (exact) mass is 279 g/mol. The average Bonchev–Trinajstić information content (AvgIpc) is 2.37. The number of pyridine rings is 1. The van der Waals surface area contributed by atoms with Crippen LogP contribution in [0.1, 0.15) is 26.0 Å². The van der Waals surface area contributed by atoms with Gasteiger partial charge in [0, 0.05) is 13.6 Å². The second-order valence-electron chi connectivity index (χ2n) is 5.14. The Balaban J connectivity index is 2.51. The predicted molar refractivity (Wildman–Crippen MR) is 76.7 cm³/mol. The molecule has 2 amide bonds. The van der Waals surface area contributed by atoms with E-state index >= 15 is 0 Å². The van der Waals surface area contributed by atoms with Crippen molar-refractivity contribution in [2.45, 2.75) is 26.7 Å². The molecule has 6 heteroatoms. The zero-order valence-electron chi connectivity index (χ0n) is 12.1. The molecule has 0 saturated heterocycles. The first-order valence-electron chi connectivity index (χ1n) is 6.57. The number of rotatable bonds is 6. The Morgan fingerprint density at radius 3 is 2.60 bits per heavy atom. The molecular weight excluding hydrogens is 258 g/mol. The third-order valence-electron chi connectivity index (χ3n) is 2.80. The fraction of sp³-hybridized carbons (Fsp3) is 0.500. The van der Waals surface area contributed by atoms with Crippen LogP contribution in [0.2, 0.25) is 0 Å². The minimum Gasteiger partial charge on any atom is -0.481 e. The summed E-state index contributed by atoms with van der Waals surface area (Å²) in [4.78, 5) is 28.0. The molecule has 6 nitrogen and oxygen atoms in total. The molecule has 0 spiro atoms. The molecule has 20 heavy (non-hydrogen) atoms. The maximum absolute atomic E-state index is 11.9. The SMILES string of the molecule is CC(C)CCN(C)C(=O)Nc1ccc(CC(=O)O)nc1.